The SMILES string of the molecule is CCCNC(=O)[C@@H](C)N(Cc1ccc(C)cc1)C(=O)Cc1ccc(Cl)cc1Cl. The molecule has 150 valence electrons. The molecule has 0 bridgehead atoms. The summed E-state index contributed by atoms with van der Waals surface area (Å²) in [7, 11) is 0. The molecule has 0 aromatic heterocycles. The number of carbonyl (C=O) groups excluding carboxylic acids is 2. The molecular weight excluding hydrogens is 395 g/mol. The second-order valence-electron chi connectivity index (χ2n) is 6.89. The van der Waals surface area contributed by atoms with E-state index >= 15 is 0 Å². The first kappa shape index (κ1) is 22.3. The number of hydrogen-bond donors (Lipinski definition) is 1. The summed E-state index contributed by atoms with van der Waals surface area (Å²) in [4.78, 5) is 27.2. The number of nitrogens with zero attached hydrogens (tertiary/aromatic N) is 1. The Hall–Kier alpha value is -2.04. The highest BCUT2D eigenvalue weighted by Gasteiger charge is 2.26. The molecule has 0 fully saturated rings. The van der Waals surface area contributed by atoms with Gasteiger partial charge in [0, 0.05) is 23.1 Å². The Morgan fingerprint density at radius 1 is 1.11 bits per heavy atom. The Labute approximate surface area is 176 Å². The van der Waals surface area contributed by atoms with E-state index in [9.17, 15) is 9.59 Å². The summed E-state index contributed by atoms with van der Waals surface area (Å²) in [6, 6.07) is 12.4. The minimum atomic E-state index is -0.591. The van der Waals surface area contributed by atoms with Gasteiger partial charge in [-0.3, -0.25) is 9.59 Å². The van der Waals surface area contributed by atoms with Gasteiger partial charge < -0.3 is 10.2 Å². The van der Waals surface area contributed by atoms with Gasteiger partial charge in [0.05, 0.1) is 6.42 Å². The molecule has 2 amide bonds. The minimum absolute atomic E-state index is 0.104. The Kier molecular flexibility index (Phi) is 8.34. The lowest BCUT2D eigenvalue weighted by atomic mass is 10.1. The van der Waals surface area contributed by atoms with Crippen molar-refractivity contribution in [2.24, 2.45) is 0 Å². The normalized spacial score (nSPS) is 11.8. The number of hydrogen-bond acceptors (Lipinski definition) is 2. The standard InChI is InChI=1S/C22H26Cl2N2O2/c1-4-11-25-22(28)16(3)26(14-17-7-5-15(2)6-8-17)21(27)12-18-9-10-19(23)13-20(18)24/h5-10,13,16H,4,11-12,14H2,1-3H3,(H,25,28)/t16-/m1/s1. The third-order valence-corrected chi connectivity index (χ3v) is 5.13. The number of aryl methyl sites for hydroxylation is 1. The summed E-state index contributed by atoms with van der Waals surface area (Å²) in [6.07, 6.45) is 0.942. The van der Waals surface area contributed by atoms with Gasteiger partial charge >= 0.3 is 0 Å². The van der Waals surface area contributed by atoms with Crippen molar-refractivity contribution in [1.29, 1.82) is 0 Å². The molecular formula is C22H26Cl2N2O2. The number of halogens is 2. The highest BCUT2D eigenvalue weighted by atomic mass is 35.5. The highest BCUT2D eigenvalue weighted by Crippen LogP contribution is 2.22. The van der Waals surface area contributed by atoms with Gasteiger partial charge in [0.1, 0.15) is 6.04 Å². The molecule has 0 radical (unpaired) electrons. The molecule has 0 saturated heterocycles. The average Bonchev–Trinajstić information content (AvgIpc) is 2.67. The maximum absolute atomic E-state index is 13.1. The highest BCUT2D eigenvalue weighted by molar-refractivity contribution is 6.35. The largest absolute Gasteiger partial charge is 0.354 e. The fraction of sp³-hybridized carbons (Fsp3) is 0.364. The van der Waals surface area contributed by atoms with Gasteiger partial charge in [0.25, 0.3) is 0 Å². The second-order valence-corrected chi connectivity index (χ2v) is 7.73. The van der Waals surface area contributed by atoms with E-state index in [2.05, 4.69) is 5.32 Å². The van der Waals surface area contributed by atoms with Gasteiger partial charge in [0.15, 0.2) is 0 Å². The summed E-state index contributed by atoms with van der Waals surface area (Å²) in [5, 5.41) is 3.83. The fourth-order valence-corrected chi connectivity index (χ4v) is 3.27. The Bertz CT molecular complexity index is 822. The molecule has 4 nitrogen and oxygen atoms in total. The predicted molar refractivity (Wildman–Crippen MR) is 115 cm³/mol. The summed E-state index contributed by atoms with van der Waals surface area (Å²) in [5.74, 6) is -0.325. The van der Waals surface area contributed by atoms with E-state index in [4.69, 9.17) is 23.2 Å². The molecule has 0 spiro atoms. The number of carbonyl (C=O) groups is 2. The van der Waals surface area contributed by atoms with Crippen LogP contribution in [0.5, 0.6) is 0 Å². The summed E-state index contributed by atoms with van der Waals surface area (Å²) in [5.41, 5.74) is 2.80. The zero-order chi connectivity index (χ0) is 20.7. The molecule has 0 heterocycles. The van der Waals surface area contributed by atoms with Gasteiger partial charge in [-0.15, -0.1) is 0 Å². The van der Waals surface area contributed by atoms with Crippen LogP contribution in [0, 0.1) is 6.92 Å². The maximum Gasteiger partial charge on any atom is 0.242 e. The topological polar surface area (TPSA) is 49.4 Å². The van der Waals surface area contributed by atoms with Crippen molar-refractivity contribution in [3.05, 3.63) is 69.2 Å². The fourth-order valence-electron chi connectivity index (χ4n) is 2.80. The third-order valence-electron chi connectivity index (χ3n) is 4.55. The number of benzene rings is 2. The molecule has 0 aliphatic carbocycles. The zero-order valence-electron chi connectivity index (χ0n) is 16.5. The predicted octanol–water partition coefficient (Wildman–Crippen LogP) is 4.79. The van der Waals surface area contributed by atoms with E-state index < -0.39 is 6.04 Å². The van der Waals surface area contributed by atoms with Crippen molar-refractivity contribution in [2.45, 2.75) is 46.2 Å². The van der Waals surface area contributed by atoms with E-state index in [1.807, 2.05) is 38.1 Å². The molecule has 0 unspecified atom stereocenters. The zero-order valence-corrected chi connectivity index (χ0v) is 18.0. The Morgan fingerprint density at radius 3 is 2.39 bits per heavy atom. The minimum Gasteiger partial charge on any atom is -0.354 e. The van der Waals surface area contributed by atoms with Gasteiger partial charge in [0.2, 0.25) is 11.8 Å². The third kappa shape index (κ3) is 6.25. The van der Waals surface area contributed by atoms with Crippen molar-refractivity contribution in [3.8, 4) is 0 Å². The van der Waals surface area contributed by atoms with Crippen LogP contribution in [-0.4, -0.2) is 29.3 Å². The molecule has 2 rings (SSSR count). The summed E-state index contributed by atoms with van der Waals surface area (Å²) >= 11 is 12.2. The first-order valence-corrected chi connectivity index (χ1v) is 10.1. The van der Waals surface area contributed by atoms with Crippen molar-refractivity contribution in [1.82, 2.24) is 10.2 Å². The quantitative estimate of drug-likeness (QED) is 0.667. The van der Waals surface area contributed by atoms with Crippen molar-refractivity contribution in [3.63, 3.8) is 0 Å². The van der Waals surface area contributed by atoms with Crippen LogP contribution in [0.3, 0.4) is 0 Å². The van der Waals surface area contributed by atoms with Crippen LogP contribution >= 0.6 is 23.2 Å². The molecule has 2 aromatic carbocycles. The molecule has 1 N–H and O–H groups in total. The Balaban J connectivity index is 2.23. The number of amides is 2. The van der Waals surface area contributed by atoms with Crippen LogP contribution < -0.4 is 5.32 Å². The van der Waals surface area contributed by atoms with Gasteiger partial charge in [-0.25, -0.2) is 0 Å². The first-order valence-electron chi connectivity index (χ1n) is 9.38. The van der Waals surface area contributed by atoms with E-state index in [0.29, 0.717) is 28.7 Å². The number of rotatable bonds is 8. The Morgan fingerprint density at radius 2 is 1.79 bits per heavy atom. The average molecular weight is 421 g/mol. The van der Waals surface area contributed by atoms with E-state index in [-0.39, 0.29) is 18.2 Å². The van der Waals surface area contributed by atoms with Crippen LogP contribution in [0.1, 0.15) is 37.0 Å². The van der Waals surface area contributed by atoms with E-state index in [1.54, 1.807) is 30.0 Å². The summed E-state index contributed by atoms with van der Waals surface area (Å²) in [6.45, 7) is 6.68. The lowest BCUT2D eigenvalue weighted by Gasteiger charge is -2.29. The lowest BCUT2D eigenvalue weighted by molar-refractivity contribution is -0.140. The molecule has 28 heavy (non-hydrogen) atoms. The molecule has 0 aliphatic heterocycles. The molecule has 1 atom stereocenters. The molecule has 0 aliphatic rings. The first-order chi connectivity index (χ1) is 13.3. The summed E-state index contributed by atoms with van der Waals surface area (Å²) < 4.78 is 0. The van der Waals surface area contributed by atoms with Crippen molar-refractivity contribution >= 4 is 35.0 Å². The van der Waals surface area contributed by atoms with Crippen LogP contribution in [-0.2, 0) is 22.6 Å². The van der Waals surface area contributed by atoms with Crippen LogP contribution in [0.15, 0.2) is 42.5 Å². The van der Waals surface area contributed by atoms with Gasteiger partial charge in [-0.2, -0.15) is 0 Å². The van der Waals surface area contributed by atoms with Crippen LogP contribution in [0.4, 0.5) is 0 Å². The van der Waals surface area contributed by atoms with E-state index in [0.717, 1.165) is 17.5 Å². The number of nitrogens with one attached hydrogen (secondary N) is 1. The smallest absolute Gasteiger partial charge is 0.242 e. The van der Waals surface area contributed by atoms with Gasteiger partial charge in [-0.05, 0) is 43.5 Å². The maximum atomic E-state index is 13.1. The van der Waals surface area contributed by atoms with E-state index in [1.165, 1.54) is 0 Å². The molecule has 6 heteroatoms. The van der Waals surface area contributed by atoms with Crippen LogP contribution in [0.25, 0.3) is 0 Å². The van der Waals surface area contributed by atoms with Crippen molar-refractivity contribution < 1.29 is 9.59 Å². The van der Waals surface area contributed by atoms with Gasteiger partial charge in [-0.1, -0.05) is 66.0 Å². The van der Waals surface area contributed by atoms with Crippen LogP contribution in [0.2, 0.25) is 10.0 Å². The molecule has 2 aromatic rings. The monoisotopic (exact) mass is 420 g/mol. The molecule has 0 saturated carbocycles. The lowest BCUT2D eigenvalue weighted by Crippen LogP contribution is -2.48. The van der Waals surface area contributed by atoms with Crippen molar-refractivity contribution in [2.75, 3.05) is 6.54 Å². The second kappa shape index (κ2) is 10.5.